The first-order valence-corrected chi connectivity index (χ1v) is 11.9. The van der Waals surface area contributed by atoms with E-state index >= 15 is 0 Å². The van der Waals surface area contributed by atoms with Crippen molar-refractivity contribution in [3.63, 3.8) is 0 Å². The van der Waals surface area contributed by atoms with Crippen LogP contribution < -0.4 is 15.2 Å². The SMILES string of the molecule is CC[C@H]1CN(C(C)c2ccncc2OC)[C@H](CC)CN1c1cc(=O)n(C)c2cn(CC#N)nc12. The number of fused-ring (bicyclic) bond motifs is 1. The molecule has 1 saturated heterocycles. The topological polar surface area (TPSA) is 92.2 Å². The summed E-state index contributed by atoms with van der Waals surface area (Å²) in [7, 11) is 3.44. The van der Waals surface area contributed by atoms with E-state index in [1.54, 1.807) is 41.9 Å². The van der Waals surface area contributed by atoms with Crippen LogP contribution in [0.4, 0.5) is 5.69 Å². The molecule has 0 N–H and O–H groups in total. The van der Waals surface area contributed by atoms with Crippen LogP contribution in [0, 0.1) is 11.3 Å². The first-order valence-electron chi connectivity index (χ1n) is 11.9. The molecule has 1 fully saturated rings. The number of aromatic nitrogens is 4. The molecule has 3 aromatic heterocycles. The first kappa shape index (κ1) is 23.8. The van der Waals surface area contributed by atoms with Gasteiger partial charge in [0.05, 0.1) is 36.8 Å². The Labute approximate surface area is 200 Å². The summed E-state index contributed by atoms with van der Waals surface area (Å²) >= 11 is 0. The van der Waals surface area contributed by atoms with E-state index in [1.165, 1.54) is 0 Å². The number of hydrogen-bond donors (Lipinski definition) is 0. The van der Waals surface area contributed by atoms with Crippen molar-refractivity contribution in [3.05, 3.63) is 46.6 Å². The highest BCUT2D eigenvalue weighted by molar-refractivity contribution is 5.88. The van der Waals surface area contributed by atoms with Gasteiger partial charge in [0, 0.05) is 56.1 Å². The van der Waals surface area contributed by atoms with Crippen molar-refractivity contribution in [3.8, 4) is 11.8 Å². The van der Waals surface area contributed by atoms with E-state index in [2.05, 4.69) is 46.7 Å². The van der Waals surface area contributed by atoms with E-state index < -0.39 is 0 Å². The maximum Gasteiger partial charge on any atom is 0.252 e. The van der Waals surface area contributed by atoms with Crippen LogP contribution in [0.5, 0.6) is 5.75 Å². The summed E-state index contributed by atoms with van der Waals surface area (Å²) in [5, 5.41) is 13.8. The molecule has 4 rings (SSSR count). The second-order valence-corrected chi connectivity index (χ2v) is 8.91. The van der Waals surface area contributed by atoms with Gasteiger partial charge in [-0.1, -0.05) is 13.8 Å². The fourth-order valence-corrected chi connectivity index (χ4v) is 5.15. The lowest BCUT2D eigenvalue weighted by Crippen LogP contribution is -2.58. The Morgan fingerprint density at radius 3 is 2.71 bits per heavy atom. The quantitative estimate of drug-likeness (QED) is 0.532. The highest BCUT2D eigenvalue weighted by Gasteiger charge is 2.37. The van der Waals surface area contributed by atoms with Gasteiger partial charge in [0.15, 0.2) is 0 Å². The fraction of sp³-hybridized carbons (Fsp3) is 0.520. The molecule has 0 saturated carbocycles. The highest BCUT2D eigenvalue weighted by Crippen LogP contribution is 2.36. The van der Waals surface area contributed by atoms with Crippen molar-refractivity contribution >= 4 is 16.7 Å². The normalized spacial score (nSPS) is 19.8. The second kappa shape index (κ2) is 9.85. The minimum atomic E-state index is -0.0702. The van der Waals surface area contributed by atoms with Gasteiger partial charge in [0.1, 0.15) is 17.8 Å². The molecular weight excluding hydrogens is 430 g/mol. The fourth-order valence-electron chi connectivity index (χ4n) is 5.15. The second-order valence-electron chi connectivity index (χ2n) is 8.91. The number of piperazine rings is 1. The van der Waals surface area contributed by atoms with Crippen molar-refractivity contribution in [1.82, 2.24) is 24.2 Å². The van der Waals surface area contributed by atoms with Gasteiger partial charge in [-0.15, -0.1) is 0 Å². The largest absolute Gasteiger partial charge is 0.495 e. The number of nitriles is 1. The molecule has 180 valence electrons. The molecule has 0 bridgehead atoms. The predicted octanol–water partition coefficient (Wildman–Crippen LogP) is 3.10. The number of nitrogens with zero attached hydrogens (tertiary/aromatic N) is 7. The molecule has 1 unspecified atom stereocenters. The number of methoxy groups -OCH3 is 1. The van der Waals surface area contributed by atoms with E-state index in [9.17, 15) is 4.79 Å². The van der Waals surface area contributed by atoms with Crippen LogP contribution in [0.15, 0.2) is 35.5 Å². The first-order chi connectivity index (χ1) is 16.4. The van der Waals surface area contributed by atoms with Crippen molar-refractivity contribution in [2.45, 2.75) is 58.3 Å². The summed E-state index contributed by atoms with van der Waals surface area (Å²) in [5.74, 6) is 0.802. The zero-order chi connectivity index (χ0) is 24.4. The van der Waals surface area contributed by atoms with Crippen molar-refractivity contribution in [2.75, 3.05) is 25.1 Å². The van der Waals surface area contributed by atoms with Crippen LogP contribution in [-0.2, 0) is 13.6 Å². The molecule has 34 heavy (non-hydrogen) atoms. The van der Waals surface area contributed by atoms with Gasteiger partial charge < -0.3 is 14.2 Å². The number of hydrogen-bond acceptors (Lipinski definition) is 7. The molecule has 4 heterocycles. The average molecular weight is 464 g/mol. The van der Waals surface area contributed by atoms with Gasteiger partial charge in [0.2, 0.25) is 0 Å². The van der Waals surface area contributed by atoms with E-state index in [0.717, 1.165) is 54.0 Å². The molecule has 0 amide bonds. The van der Waals surface area contributed by atoms with Crippen molar-refractivity contribution in [1.29, 1.82) is 5.26 Å². The van der Waals surface area contributed by atoms with E-state index in [4.69, 9.17) is 10.00 Å². The lowest BCUT2D eigenvalue weighted by molar-refractivity contribution is 0.0997. The van der Waals surface area contributed by atoms with E-state index in [1.807, 2.05) is 12.3 Å². The van der Waals surface area contributed by atoms with Gasteiger partial charge in [0.25, 0.3) is 5.56 Å². The van der Waals surface area contributed by atoms with E-state index in [-0.39, 0.29) is 30.2 Å². The Balaban J connectivity index is 1.73. The standard InChI is InChI=1S/C25H33N7O2/c1-6-18-15-32(21-12-24(33)29(4)22-16-30(11-9-26)28-25(21)22)19(7-2)14-31(18)17(3)20-8-10-27-13-23(20)34-5/h8,10,12-13,16-19H,6-7,11,14-15H2,1-5H3/t17?,18-,19+/m1/s1. The van der Waals surface area contributed by atoms with Gasteiger partial charge in [-0.25, -0.2) is 0 Å². The molecule has 3 atom stereocenters. The lowest BCUT2D eigenvalue weighted by atomic mass is 9.96. The van der Waals surface area contributed by atoms with Crippen LogP contribution in [0.1, 0.15) is 45.2 Å². The number of pyridine rings is 2. The molecule has 0 aliphatic carbocycles. The molecule has 0 radical (unpaired) electrons. The average Bonchev–Trinajstić information content (AvgIpc) is 3.29. The maximum absolute atomic E-state index is 12.8. The lowest BCUT2D eigenvalue weighted by Gasteiger charge is -2.49. The summed E-state index contributed by atoms with van der Waals surface area (Å²) < 4.78 is 8.81. The molecule has 0 spiro atoms. The number of ether oxygens (including phenoxy) is 1. The van der Waals surface area contributed by atoms with Crippen LogP contribution >= 0.6 is 0 Å². The third-order valence-electron chi connectivity index (χ3n) is 7.14. The highest BCUT2D eigenvalue weighted by atomic mass is 16.5. The van der Waals surface area contributed by atoms with Crippen LogP contribution in [0.3, 0.4) is 0 Å². The summed E-state index contributed by atoms with van der Waals surface area (Å²) in [4.78, 5) is 22.0. The molecule has 1 aliphatic rings. The molecule has 3 aromatic rings. The molecule has 9 nitrogen and oxygen atoms in total. The van der Waals surface area contributed by atoms with Gasteiger partial charge >= 0.3 is 0 Å². The molecular formula is C25H33N7O2. The minimum absolute atomic E-state index is 0.0702. The summed E-state index contributed by atoms with van der Waals surface area (Å²) in [6.45, 7) is 8.42. The van der Waals surface area contributed by atoms with Crippen LogP contribution in [0.2, 0.25) is 0 Å². The third-order valence-corrected chi connectivity index (χ3v) is 7.14. The van der Waals surface area contributed by atoms with Crippen molar-refractivity contribution in [2.24, 2.45) is 7.05 Å². The predicted molar refractivity (Wildman–Crippen MR) is 132 cm³/mol. The zero-order valence-electron chi connectivity index (χ0n) is 20.6. The Bertz CT molecular complexity index is 1260. The van der Waals surface area contributed by atoms with E-state index in [0.29, 0.717) is 0 Å². The maximum atomic E-state index is 12.8. The minimum Gasteiger partial charge on any atom is -0.495 e. The van der Waals surface area contributed by atoms with Gasteiger partial charge in [-0.05, 0) is 25.8 Å². The number of anilines is 1. The molecule has 1 aliphatic heterocycles. The Morgan fingerprint density at radius 1 is 1.26 bits per heavy atom. The zero-order valence-corrected chi connectivity index (χ0v) is 20.6. The van der Waals surface area contributed by atoms with Crippen LogP contribution in [0.25, 0.3) is 11.0 Å². The Kier molecular flexibility index (Phi) is 6.89. The number of rotatable bonds is 7. The summed E-state index contributed by atoms with van der Waals surface area (Å²) in [6.07, 6.45) is 7.28. The number of aryl methyl sites for hydroxylation is 1. The van der Waals surface area contributed by atoms with Gasteiger partial charge in [-0.2, -0.15) is 10.4 Å². The molecule has 9 heteroatoms. The molecule has 0 aromatic carbocycles. The third kappa shape index (κ3) is 4.14. The van der Waals surface area contributed by atoms with Gasteiger partial charge in [-0.3, -0.25) is 19.4 Å². The Hall–Kier alpha value is -3.38. The van der Waals surface area contributed by atoms with Crippen molar-refractivity contribution < 1.29 is 4.74 Å². The summed E-state index contributed by atoms with van der Waals surface area (Å²) in [5.41, 5.74) is 3.43. The monoisotopic (exact) mass is 463 g/mol. The Morgan fingerprint density at radius 2 is 2.03 bits per heavy atom. The van der Waals surface area contributed by atoms with Crippen LogP contribution in [-0.4, -0.2) is 56.5 Å². The summed E-state index contributed by atoms with van der Waals surface area (Å²) in [6, 6.07) is 6.54. The smallest absolute Gasteiger partial charge is 0.252 e.